The van der Waals surface area contributed by atoms with Crippen molar-refractivity contribution in [1.29, 1.82) is 0 Å². The minimum absolute atomic E-state index is 0.0269. The van der Waals surface area contributed by atoms with Gasteiger partial charge in [0.25, 0.3) is 0 Å². The van der Waals surface area contributed by atoms with Crippen LogP contribution >= 0.6 is 11.6 Å². The van der Waals surface area contributed by atoms with Gasteiger partial charge in [-0.15, -0.1) is 0 Å². The molecular weight excluding hydrogens is 272 g/mol. The van der Waals surface area contributed by atoms with Crippen LogP contribution in [0, 0.1) is 5.41 Å². The van der Waals surface area contributed by atoms with E-state index in [1.54, 1.807) is 0 Å². The summed E-state index contributed by atoms with van der Waals surface area (Å²) in [5, 5.41) is 0.732. The van der Waals surface area contributed by atoms with Crippen LogP contribution in [0.25, 0.3) is 0 Å². The standard InChI is InChI=1S/C16H23ClN2O/c1-16(2,3)15(20)19-9-12(8-14(18)10-19)11-5-4-6-13(17)7-11/h4-7,12,14H,8-10,18H2,1-3H3. The molecule has 0 bridgehead atoms. The largest absolute Gasteiger partial charge is 0.340 e. The number of nitrogens with zero attached hydrogens (tertiary/aromatic N) is 1. The first-order chi connectivity index (χ1) is 9.27. The Labute approximate surface area is 126 Å². The van der Waals surface area contributed by atoms with Crippen molar-refractivity contribution in [1.82, 2.24) is 4.90 Å². The normalized spacial score (nSPS) is 23.8. The molecule has 0 aromatic heterocycles. The molecule has 1 amide bonds. The molecular formula is C16H23ClN2O. The molecule has 2 rings (SSSR count). The van der Waals surface area contributed by atoms with E-state index in [9.17, 15) is 4.79 Å². The van der Waals surface area contributed by atoms with Crippen LogP contribution in [0.1, 0.15) is 38.7 Å². The molecule has 1 heterocycles. The summed E-state index contributed by atoms with van der Waals surface area (Å²) in [6, 6.07) is 7.89. The van der Waals surface area contributed by atoms with Crippen LogP contribution in [0.5, 0.6) is 0 Å². The number of halogens is 1. The maximum atomic E-state index is 12.5. The summed E-state index contributed by atoms with van der Waals surface area (Å²) >= 11 is 6.06. The van der Waals surface area contributed by atoms with Crippen molar-refractivity contribution in [2.75, 3.05) is 13.1 Å². The van der Waals surface area contributed by atoms with E-state index in [0.29, 0.717) is 6.54 Å². The van der Waals surface area contributed by atoms with Crippen molar-refractivity contribution in [3.05, 3.63) is 34.9 Å². The number of carbonyl (C=O) groups is 1. The van der Waals surface area contributed by atoms with Gasteiger partial charge < -0.3 is 10.6 Å². The molecule has 0 radical (unpaired) electrons. The Balaban J connectivity index is 2.18. The molecule has 0 aliphatic carbocycles. The predicted molar refractivity (Wildman–Crippen MR) is 82.8 cm³/mol. The lowest BCUT2D eigenvalue weighted by molar-refractivity contribution is -0.141. The SMILES string of the molecule is CC(C)(C)C(=O)N1CC(N)CC(c2cccc(Cl)c2)C1. The maximum Gasteiger partial charge on any atom is 0.228 e. The van der Waals surface area contributed by atoms with Gasteiger partial charge in [0.15, 0.2) is 0 Å². The van der Waals surface area contributed by atoms with Gasteiger partial charge in [0, 0.05) is 35.5 Å². The van der Waals surface area contributed by atoms with Crippen LogP contribution in [0.15, 0.2) is 24.3 Å². The van der Waals surface area contributed by atoms with Gasteiger partial charge in [-0.2, -0.15) is 0 Å². The molecule has 0 saturated carbocycles. The summed E-state index contributed by atoms with van der Waals surface area (Å²) in [6.45, 7) is 7.22. The van der Waals surface area contributed by atoms with Crippen LogP contribution in [0.3, 0.4) is 0 Å². The van der Waals surface area contributed by atoms with E-state index < -0.39 is 0 Å². The lowest BCUT2D eigenvalue weighted by Crippen LogP contribution is -2.51. The number of carbonyl (C=O) groups excluding carboxylic acids is 1. The summed E-state index contributed by atoms with van der Waals surface area (Å²) in [4.78, 5) is 14.4. The van der Waals surface area contributed by atoms with Gasteiger partial charge in [-0.05, 0) is 24.1 Å². The molecule has 1 aliphatic rings. The van der Waals surface area contributed by atoms with Crippen LogP contribution < -0.4 is 5.73 Å². The topological polar surface area (TPSA) is 46.3 Å². The highest BCUT2D eigenvalue weighted by Gasteiger charge is 2.34. The smallest absolute Gasteiger partial charge is 0.228 e. The second-order valence-corrected chi connectivity index (χ2v) is 7.14. The van der Waals surface area contributed by atoms with E-state index in [2.05, 4.69) is 6.07 Å². The highest BCUT2D eigenvalue weighted by Crippen LogP contribution is 2.30. The molecule has 4 heteroatoms. The first-order valence-electron chi connectivity index (χ1n) is 7.08. The van der Waals surface area contributed by atoms with Crippen LogP contribution in [0.4, 0.5) is 0 Å². The van der Waals surface area contributed by atoms with E-state index in [1.165, 1.54) is 5.56 Å². The zero-order chi connectivity index (χ0) is 14.9. The zero-order valence-electron chi connectivity index (χ0n) is 12.4. The second kappa shape index (κ2) is 5.74. The van der Waals surface area contributed by atoms with E-state index in [-0.39, 0.29) is 23.3 Å². The number of hydrogen-bond donors (Lipinski definition) is 1. The van der Waals surface area contributed by atoms with Crippen LogP contribution in [-0.4, -0.2) is 29.9 Å². The van der Waals surface area contributed by atoms with Crippen molar-refractivity contribution in [3.63, 3.8) is 0 Å². The Kier molecular flexibility index (Phi) is 4.40. The van der Waals surface area contributed by atoms with Gasteiger partial charge in [0.1, 0.15) is 0 Å². The fraction of sp³-hybridized carbons (Fsp3) is 0.562. The Bertz CT molecular complexity index is 495. The van der Waals surface area contributed by atoms with Gasteiger partial charge in [0.05, 0.1) is 0 Å². The number of hydrogen-bond acceptors (Lipinski definition) is 2. The molecule has 1 aliphatic heterocycles. The molecule has 20 heavy (non-hydrogen) atoms. The van der Waals surface area contributed by atoms with Gasteiger partial charge in [-0.3, -0.25) is 4.79 Å². The van der Waals surface area contributed by atoms with Crippen molar-refractivity contribution in [3.8, 4) is 0 Å². The van der Waals surface area contributed by atoms with Crippen LogP contribution in [0.2, 0.25) is 5.02 Å². The van der Waals surface area contributed by atoms with E-state index in [4.69, 9.17) is 17.3 Å². The fourth-order valence-corrected chi connectivity index (χ4v) is 2.98. The average Bonchev–Trinajstić information content (AvgIpc) is 2.36. The van der Waals surface area contributed by atoms with Gasteiger partial charge in [-0.25, -0.2) is 0 Å². The van der Waals surface area contributed by atoms with Gasteiger partial charge in [-0.1, -0.05) is 44.5 Å². The Morgan fingerprint density at radius 1 is 1.35 bits per heavy atom. The summed E-state index contributed by atoms with van der Waals surface area (Å²) in [5.41, 5.74) is 6.95. The fourth-order valence-electron chi connectivity index (χ4n) is 2.78. The Morgan fingerprint density at radius 3 is 2.65 bits per heavy atom. The highest BCUT2D eigenvalue weighted by molar-refractivity contribution is 6.30. The van der Waals surface area contributed by atoms with Crippen molar-refractivity contribution in [2.45, 2.75) is 39.2 Å². The number of nitrogens with two attached hydrogens (primary N) is 1. The first-order valence-corrected chi connectivity index (χ1v) is 7.45. The number of benzene rings is 1. The van der Waals surface area contributed by atoms with Crippen molar-refractivity contribution in [2.24, 2.45) is 11.1 Å². The summed E-state index contributed by atoms with van der Waals surface area (Å²) in [7, 11) is 0. The summed E-state index contributed by atoms with van der Waals surface area (Å²) in [6.07, 6.45) is 0.897. The van der Waals surface area contributed by atoms with Crippen molar-refractivity contribution < 1.29 is 4.79 Å². The molecule has 0 spiro atoms. The average molecular weight is 295 g/mol. The zero-order valence-corrected chi connectivity index (χ0v) is 13.2. The first kappa shape index (κ1) is 15.3. The van der Waals surface area contributed by atoms with Gasteiger partial charge in [0.2, 0.25) is 5.91 Å². The minimum Gasteiger partial charge on any atom is -0.340 e. The lowest BCUT2D eigenvalue weighted by Gasteiger charge is -2.39. The number of rotatable bonds is 1. The molecule has 110 valence electrons. The maximum absolute atomic E-state index is 12.5. The Morgan fingerprint density at radius 2 is 2.05 bits per heavy atom. The quantitative estimate of drug-likeness (QED) is 0.865. The van der Waals surface area contributed by atoms with Crippen LogP contribution in [-0.2, 0) is 4.79 Å². The second-order valence-electron chi connectivity index (χ2n) is 6.71. The Hall–Kier alpha value is -1.06. The van der Waals surface area contributed by atoms with Crippen molar-refractivity contribution >= 4 is 17.5 Å². The third-order valence-corrected chi connectivity index (χ3v) is 3.97. The van der Waals surface area contributed by atoms with E-state index in [1.807, 2.05) is 43.9 Å². The molecule has 2 N–H and O–H groups in total. The van der Waals surface area contributed by atoms with E-state index in [0.717, 1.165) is 18.0 Å². The number of piperidine rings is 1. The number of likely N-dealkylation sites (tertiary alicyclic amines) is 1. The molecule has 1 aromatic carbocycles. The molecule has 2 unspecified atom stereocenters. The monoisotopic (exact) mass is 294 g/mol. The summed E-state index contributed by atoms with van der Waals surface area (Å²) < 4.78 is 0. The molecule has 1 saturated heterocycles. The third-order valence-electron chi connectivity index (χ3n) is 3.73. The van der Waals surface area contributed by atoms with E-state index >= 15 is 0 Å². The third kappa shape index (κ3) is 3.53. The molecule has 1 aromatic rings. The minimum atomic E-state index is -0.365. The van der Waals surface area contributed by atoms with Gasteiger partial charge >= 0.3 is 0 Å². The summed E-state index contributed by atoms with van der Waals surface area (Å²) in [5.74, 6) is 0.434. The molecule has 2 atom stereocenters. The molecule has 3 nitrogen and oxygen atoms in total. The number of amides is 1. The lowest BCUT2D eigenvalue weighted by atomic mass is 9.86. The predicted octanol–water partition coefficient (Wildman–Crippen LogP) is 3.03. The highest BCUT2D eigenvalue weighted by atomic mass is 35.5. The molecule has 1 fully saturated rings.